The molecule has 0 aromatic rings. The maximum atomic E-state index is 13.4. The van der Waals surface area contributed by atoms with Crippen LogP contribution < -0.4 is 10.6 Å². The second-order valence-corrected chi connectivity index (χ2v) is 3.05. The van der Waals surface area contributed by atoms with Gasteiger partial charge < -0.3 is 10.6 Å². The van der Waals surface area contributed by atoms with Gasteiger partial charge in [0.25, 0.3) is 5.91 Å². The predicted molar refractivity (Wildman–Crippen MR) is 40.8 cm³/mol. The van der Waals surface area contributed by atoms with Gasteiger partial charge in [-0.3, -0.25) is 4.79 Å². The van der Waals surface area contributed by atoms with E-state index in [9.17, 15) is 13.6 Å². The van der Waals surface area contributed by atoms with Crippen molar-refractivity contribution in [2.75, 3.05) is 19.6 Å². The summed E-state index contributed by atoms with van der Waals surface area (Å²) in [7, 11) is 0. The van der Waals surface area contributed by atoms with Crippen molar-refractivity contribution in [1.82, 2.24) is 10.6 Å². The summed E-state index contributed by atoms with van der Waals surface area (Å²) in [6.45, 7) is -0.507. The summed E-state index contributed by atoms with van der Waals surface area (Å²) in [5.41, 5.74) is -4.35. The summed E-state index contributed by atoms with van der Waals surface area (Å²) in [5, 5.41) is 4.70. The van der Waals surface area contributed by atoms with Crippen LogP contribution in [0.1, 0.15) is 0 Å². The van der Waals surface area contributed by atoms with Crippen molar-refractivity contribution in [2.45, 2.75) is 11.3 Å². The first kappa shape index (κ1) is 9.67. The SMILES string of the molecule is Cl.O=C1NC[C@@]2(F)CNC[C@@]12F. The number of halogens is 3. The zero-order chi connectivity index (χ0) is 8.11. The first-order valence-corrected chi connectivity index (χ1v) is 3.45. The van der Waals surface area contributed by atoms with Crippen molar-refractivity contribution in [1.29, 1.82) is 0 Å². The van der Waals surface area contributed by atoms with Crippen LogP contribution in [0.5, 0.6) is 0 Å². The molecule has 2 atom stereocenters. The van der Waals surface area contributed by atoms with Gasteiger partial charge in [-0.05, 0) is 0 Å². The zero-order valence-corrected chi connectivity index (χ0v) is 7.01. The highest BCUT2D eigenvalue weighted by Crippen LogP contribution is 2.37. The van der Waals surface area contributed by atoms with E-state index in [-0.39, 0.29) is 32.0 Å². The molecule has 2 fully saturated rings. The van der Waals surface area contributed by atoms with Crippen molar-refractivity contribution in [3.8, 4) is 0 Å². The number of alkyl halides is 2. The zero-order valence-electron chi connectivity index (χ0n) is 6.19. The Hall–Kier alpha value is -0.420. The lowest BCUT2D eigenvalue weighted by Crippen LogP contribution is -2.47. The molecule has 2 aliphatic rings. The Morgan fingerprint density at radius 3 is 2.50 bits per heavy atom. The van der Waals surface area contributed by atoms with E-state index in [1.807, 2.05) is 0 Å². The van der Waals surface area contributed by atoms with E-state index in [1.165, 1.54) is 0 Å². The van der Waals surface area contributed by atoms with Crippen LogP contribution in [-0.4, -0.2) is 36.9 Å². The van der Waals surface area contributed by atoms with Crippen LogP contribution >= 0.6 is 12.4 Å². The van der Waals surface area contributed by atoms with Crippen molar-refractivity contribution >= 4 is 18.3 Å². The number of carbonyl (C=O) groups excluding carboxylic acids is 1. The van der Waals surface area contributed by atoms with Gasteiger partial charge in [0.2, 0.25) is 5.67 Å². The van der Waals surface area contributed by atoms with Crippen LogP contribution in [0, 0.1) is 0 Å². The van der Waals surface area contributed by atoms with E-state index >= 15 is 0 Å². The number of nitrogens with one attached hydrogen (secondary N) is 2. The van der Waals surface area contributed by atoms with E-state index < -0.39 is 17.2 Å². The van der Waals surface area contributed by atoms with Gasteiger partial charge in [-0.2, -0.15) is 0 Å². The minimum atomic E-state index is -2.33. The molecule has 12 heavy (non-hydrogen) atoms. The molecule has 0 bridgehead atoms. The Kier molecular flexibility index (Phi) is 2.04. The maximum absolute atomic E-state index is 13.4. The van der Waals surface area contributed by atoms with E-state index in [0.29, 0.717) is 0 Å². The molecule has 0 unspecified atom stereocenters. The topological polar surface area (TPSA) is 41.1 Å². The average molecular weight is 199 g/mol. The Balaban J connectivity index is 0.000000720. The number of hydrogen-bond donors (Lipinski definition) is 2. The highest BCUT2D eigenvalue weighted by atomic mass is 35.5. The number of amides is 1. The van der Waals surface area contributed by atoms with Crippen LogP contribution in [0.4, 0.5) is 8.78 Å². The monoisotopic (exact) mass is 198 g/mol. The van der Waals surface area contributed by atoms with Gasteiger partial charge in [-0.25, -0.2) is 8.78 Å². The molecule has 70 valence electrons. The van der Waals surface area contributed by atoms with Gasteiger partial charge in [0.1, 0.15) is 0 Å². The van der Waals surface area contributed by atoms with Gasteiger partial charge in [-0.15, -0.1) is 12.4 Å². The number of carbonyl (C=O) groups is 1. The Bertz CT molecular complexity index is 228. The van der Waals surface area contributed by atoms with Crippen molar-refractivity contribution in [2.24, 2.45) is 0 Å². The minimum Gasteiger partial charge on any atom is -0.350 e. The molecule has 2 N–H and O–H groups in total. The maximum Gasteiger partial charge on any atom is 0.262 e. The average Bonchev–Trinajstić information content (AvgIpc) is 2.34. The van der Waals surface area contributed by atoms with Gasteiger partial charge in [-0.1, -0.05) is 0 Å². The number of fused-ring (bicyclic) bond motifs is 1. The second-order valence-electron chi connectivity index (χ2n) is 3.05. The van der Waals surface area contributed by atoms with Gasteiger partial charge in [0.15, 0.2) is 5.67 Å². The molecule has 0 radical (unpaired) electrons. The molecule has 0 aromatic carbocycles. The normalized spacial score (nSPS) is 45.0. The predicted octanol–water partition coefficient (Wildman–Crippen LogP) is -0.442. The fraction of sp³-hybridized carbons (Fsp3) is 0.833. The van der Waals surface area contributed by atoms with E-state index in [0.717, 1.165) is 0 Å². The van der Waals surface area contributed by atoms with Crippen molar-refractivity contribution < 1.29 is 13.6 Å². The molecule has 6 heteroatoms. The molecule has 0 aromatic heterocycles. The third-order valence-electron chi connectivity index (χ3n) is 2.37. The van der Waals surface area contributed by atoms with Gasteiger partial charge in [0, 0.05) is 13.1 Å². The molecule has 2 aliphatic heterocycles. The van der Waals surface area contributed by atoms with Crippen LogP contribution in [-0.2, 0) is 4.79 Å². The minimum absolute atomic E-state index is 0. The smallest absolute Gasteiger partial charge is 0.262 e. The standard InChI is InChI=1S/C6H8F2N2O.ClH/c7-5-1-9-3-6(5,8)4(11)10-2-5;/h9H,1-3H2,(H,10,11);1H/t5-,6+;/m0./s1. The number of hydrogen-bond acceptors (Lipinski definition) is 2. The van der Waals surface area contributed by atoms with Gasteiger partial charge >= 0.3 is 0 Å². The molecule has 3 nitrogen and oxygen atoms in total. The Morgan fingerprint density at radius 2 is 1.92 bits per heavy atom. The third kappa shape index (κ3) is 0.863. The van der Waals surface area contributed by atoms with E-state index in [4.69, 9.17) is 0 Å². The summed E-state index contributed by atoms with van der Waals surface area (Å²) in [4.78, 5) is 10.8. The lowest BCUT2D eigenvalue weighted by Gasteiger charge is -2.19. The van der Waals surface area contributed by atoms with Crippen molar-refractivity contribution in [3.05, 3.63) is 0 Å². The first-order chi connectivity index (χ1) is 5.08. The first-order valence-electron chi connectivity index (χ1n) is 3.45. The highest BCUT2D eigenvalue weighted by molar-refractivity contribution is 5.90. The number of rotatable bonds is 0. The summed E-state index contributed by atoms with van der Waals surface area (Å²) in [5.74, 6) is -0.829. The molecule has 0 aliphatic carbocycles. The molecule has 1 amide bonds. The highest BCUT2D eigenvalue weighted by Gasteiger charge is 2.66. The molecule has 2 heterocycles. The Morgan fingerprint density at radius 1 is 1.25 bits per heavy atom. The lowest BCUT2D eigenvalue weighted by molar-refractivity contribution is -0.131. The molecule has 0 spiro atoms. The lowest BCUT2D eigenvalue weighted by atomic mass is 9.93. The van der Waals surface area contributed by atoms with Crippen LogP contribution in [0.15, 0.2) is 0 Å². The summed E-state index contributed by atoms with van der Waals surface area (Å²) < 4.78 is 26.8. The fourth-order valence-corrected chi connectivity index (χ4v) is 1.58. The summed E-state index contributed by atoms with van der Waals surface area (Å²) in [6, 6.07) is 0. The third-order valence-corrected chi connectivity index (χ3v) is 2.37. The quantitative estimate of drug-likeness (QED) is 0.554. The summed E-state index contributed by atoms with van der Waals surface area (Å²) >= 11 is 0. The Labute approximate surface area is 74.3 Å². The molecule has 0 saturated carbocycles. The largest absolute Gasteiger partial charge is 0.350 e. The van der Waals surface area contributed by atoms with Gasteiger partial charge in [0.05, 0.1) is 6.54 Å². The van der Waals surface area contributed by atoms with E-state index in [2.05, 4.69) is 10.6 Å². The second kappa shape index (κ2) is 2.53. The van der Waals surface area contributed by atoms with E-state index in [1.54, 1.807) is 0 Å². The molecular weight excluding hydrogens is 190 g/mol. The fourth-order valence-electron chi connectivity index (χ4n) is 1.58. The van der Waals surface area contributed by atoms with Crippen LogP contribution in [0.25, 0.3) is 0 Å². The summed E-state index contributed by atoms with van der Waals surface area (Å²) in [6.07, 6.45) is 0. The molecular formula is C6H9ClF2N2O. The van der Waals surface area contributed by atoms with Crippen LogP contribution in [0.2, 0.25) is 0 Å². The van der Waals surface area contributed by atoms with Crippen LogP contribution in [0.3, 0.4) is 0 Å². The molecule has 2 saturated heterocycles. The van der Waals surface area contributed by atoms with Crippen molar-refractivity contribution in [3.63, 3.8) is 0 Å². The molecule has 2 rings (SSSR count).